The molecule has 0 aliphatic heterocycles. The van der Waals surface area contributed by atoms with Crippen LogP contribution in [0.4, 0.5) is 0 Å². The second-order valence-corrected chi connectivity index (χ2v) is 3.99. The van der Waals surface area contributed by atoms with Crippen molar-refractivity contribution in [3.63, 3.8) is 0 Å². The zero-order valence-corrected chi connectivity index (χ0v) is 9.99. The summed E-state index contributed by atoms with van der Waals surface area (Å²) in [5, 5.41) is 9.42. The van der Waals surface area contributed by atoms with Gasteiger partial charge in [-0.25, -0.2) is 0 Å². The molecule has 1 aromatic rings. The van der Waals surface area contributed by atoms with E-state index in [-0.39, 0.29) is 11.7 Å². The second-order valence-electron chi connectivity index (χ2n) is 3.14. The number of nitrogens with zero attached hydrogens (tertiary/aromatic N) is 1. The minimum atomic E-state index is -0.141. The molecule has 0 aromatic heterocycles. The number of phenols is 1. The van der Waals surface area contributed by atoms with E-state index in [1.54, 1.807) is 25.3 Å². The van der Waals surface area contributed by atoms with E-state index in [4.69, 9.17) is 0 Å². The lowest BCUT2D eigenvalue weighted by atomic mass is 10.2. The molecule has 0 unspecified atom stereocenters. The Labute approximate surface area is 97.1 Å². The number of rotatable bonds is 3. The number of carbonyl (C=O) groups is 1. The average Bonchev–Trinajstić information content (AvgIpc) is 2.21. The van der Waals surface area contributed by atoms with Gasteiger partial charge in [0, 0.05) is 19.2 Å². The molecule has 80 valence electrons. The number of amides is 1. The Hall–Kier alpha value is -1.29. The SMILES string of the molecule is C=CCN(C)C(=O)c1ccc(Br)c(O)c1. The van der Waals surface area contributed by atoms with Crippen molar-refractivity contribution in [3.05, 3.63) is 40.9 Å². The molecule has 0 aliphatic rings. The van der Waals surface area contributed by atoms with Gasteiger partial charge in [-0.1, -0.05) is 6.08 Å². The monoisotopic (exact) mass is 269 g/mol. The molecule has 1 aromatic carbocycles. The van der Waals surface area contributed by atoms with E-state index in [0.29, 0.717) is 16.6 Å². The molecule has 4 heteroatoms. The van der Waals surface area contributed by atoms with Crippen LogP contribution in [0, 0.1) is 0 Å². The van der Waals surface area contributed by atoms with E-state index >= 15 is 0 Å². The third kappa shape index (κ3) is 2.83. The van der Waals surface area contributed by atoms with E-state index in [1.807, 2.05) is 0 Å². The largest absolute Gasteiger partial charge is 0.507 e. The molecule has 1 rings (SSSR count). The van der Waals surface area contributed by atoms with E-state index in [9.17, 15) is 9.90 Å². The fourth-order valence-electron chi connectivity index (χ4n) is 1.14. The van der Waals surface area contributed by atoms with Crippen LogP contribution in [-0.2, 0) is 0 Å². The highest BCUT2D eigenvalue weighted by Crippen LogP contribution is 2.24. The average molecular weight is 270 g/mol. The summed E-state index contributed by atoms with van der Waals surface area (Å²) < 4.78 is 0.574. The molecule has 1 N–H and O–H groups in total. The minimum Gasteiger partial charge on any atom is -0.507 e. The smallest absolute Gasteiger partial charge is 0.254 e. The van der Waals surface area contributed by atoms with Gasteiger partial charge in [-0.05, 0) is 34.1 Å². The number of likely N-dealkylation sites (N-methyl/N-ethyl adjacent to an activating group) is 1. The van der Waals surface area contributed by atoms with Crippen molar-refractivity contribution in [2.24, 2.45) is 0 Å². The molecule has 0 aliphatic carbocycles. The summed E-state index contributed by atoms with van der Waals surface area (Å²) in [6, 6.07) is 4.74. The molecule has 0 heterocycles. The quantitative estimate of drug-likeness (QED) is 0.857. The molecule has 0 saturated heterocycles. The van der Waals surface area contributed by atoms with E-state index in [2.05, 4.69) is 22.5 Å². The zero-order valence-electron chi connectivity index (χ0n) is 8.40. The van der Waals surface area contributed by atoms with Crippen LogP contribution in [0.25, 0.3) is 0 Å². The number of aromatic hydroxyl groups is 1. The zero-order chi connectivity index (χ0) is 11.4. The van der Waals surface area contributed by atoms with Crippen LogP contribution in [0.2, 0.25) is 0 Å². The molecule has 15 heavy (non-hydrogen) atoms. The maximum atomic E-state index is 11.7. The molecule has 0 saturated carbocycles. The summed E-state index contributed by atoms with van der Waals surface area (Å²) in [6.45, 7) is 4.04. The third-order valence-electron chi connectivity index (χ3n) is 1.94. The maximum absolute atomic E-state index is 11.7. The van der Waals surface area contributed by atoms with Crippen LogP contribution in [0.3, 0.4) is 0 Å². The third-order valence-corrected chi connectivity index (χ3v) is 2.61. The van der Waals surface area contributed by atoms with Crippen molar-refractivity contribution in [1.82, 2.24) is 4.90 Å². The van der Waals surface area contributed by atoms with Gasteiger partial charge in [0.05, 0.1) is 4.47 Å². The van der Waals surface area contributed by atoms with Gasteiger partial charge in [-0.3, -0.25) is 4.79 Å². The Morgan fingerprint density at radius 1 is 1.67 bits per heavy atom. The normalized spacial score (nSPS) is 9.73. The van der Waals surface area contributed by atoms with Gasteiger partial charge in [0.25, 0.3) is 5.91 Å². The highest BCUT2D eigenvalue weighted by Gasteiger charge is 2.11. The van der Waals surface area contributed by atoms with Crippen LogP contribution in [0.5, 0.6) is 5.75 Å². The first-order chi connectivity index (χ1) is 7.06. The van der Waals surface area contributed by atoms with Crippen molar-refractivity contribution >= 4 is 21.8 Å². The van der Waals surface area contributed by atoms with E-state index in [0.717, 1.165) is 0 Å². The molecular formula is C11H12BrNO2. The molecule has 0 radical (unpaired) electrons. The number of phenolic OH excluding ortho intramolecular Hbond substituents is 1. The van der Waals surface area contributed by atoms with Gasteiger partial charge in [-0.2, -0.15) is 0 Å². The van der Waals surface area contributed by atoms with Gasteiger partial charge in [0.2, 0.25) is 0 Å². The van der Waals surface area contributed by atoms with Crippen molar-refractivity contribution < 1.29 is 9.90 Å². The minimum absolute atomic E-state index is 0.0628. The van der Waals surface area contributed by atoms with Crippen molar-refractivity contribution in [1.29, 1.82) is 0 Å². The topological polar surface area (TPSA) is 40.5 Å². The maximum Gasteiger partial charge on any atom is 0.254 e. The standard InChI is InChI=1S/C11H12BrNO2/c1-3-6-13(2)11(15)8-4-5-9(12)10(14)7-8/h3-5,7,14H,1,6H2,2H3. The summed E-state index contributed by atoms with van der Waals surface area (Å²) in [6.07, 6.45) is 1.65. The number of halogens is 1. The van der Waals surface area contributed by atoms with Crippen molar-refractivity contribution in [3.8, 4) is 5.75 Å². The van der Waals surface area contributed by atoms with E-state index in [1.165, 1.54) is 11.0 Å². The molecule has 1 amide bonds. The number of hydrogen-bond donors (Lipinski definition) is 1. The van der Waals surface area contributed by atoms with E-state index < -0.39 is 0 Å². The van der Waals surface area contributed by atoms with Gasteiger partial charge >= 0.3 is 0 Å². The lowest BCUT2D eigenvalue weighted by Gasteiger charge is -2.14. The summed E-state index contributed by atoms with van der Waals surface area (Å²) in [5.74, 6) is -0.0782. The molecule has 0 fully saturated rings. The Bertz CT molecular complexity index is 390. The highest BCUT2D eigenvalue weighted by atomic mass is 79.9. The first-order valence-electron chi connectivity index (χ1n) is 4.41. The fraction of sp³-hybridized carbons (Fsp3) is 0.182. The molecule has 0 spiro atoms. The van der Waals surface area contributed by atoms with Gasteiger partial charge in [0.1, 0.15) is 5.75 Å². The summed E-state index contributed by atoms with van der Waals surface area (Å²) in [4.78, 5) is 13.3. The van der Waals surface area contributed by atoms with Crippen LogP contribution in [0.1, 0.15) is 10.4 Å². The predicted molar refractivity (Wildman–Crippen MR) is 63.0 cm³/mol. The lowest BCUT2D eigenvalue weighted by Crippen LogP contribution is -2.26. The van der Waals surface area contributed by atoms with Crippen LogP contribution in [0.15, 0.2) is 35.3 Å². The Morgan fingerprint density at radius 2 is 2.33 bits per heavy atom. The van der Waals surface area contributed by atoms with Crippen molar-refractivity contribution in [2.75, 3.05) is 13.6 Å². The predicted octanol–water partition coefficient (Wildman–Crippen LogP) is 2.41. The number of benzene rings is 1. The Kier molecular flexibility index (Phi) is 3.91. The van der Waals surface area contributed by atoms with Gasteiger partial charge in [0.15, 0.2) is 0 Å². The summed E-state index contributed by atoms with van der Waals surface area (Å²) >= 11 is 3.16. The van der Waals surface area contributed by atoms with Crippen LogP contribution >= 0.6 is 15.9 Å². The van der Waals surface area contributed by atoms with Gasteiger partial charge < -0.3 is 10.0 Å². The first kappa shape index (κ1) is 11.8. The van der Waals surface area contributed by atoms with Crippen LogP contribution in [-0.4, -0.2) is 29.5 Å². The summed E-state index contributed by atoms with van der Waals surface area (Å²) in [5.41, 5.74) is 0.458. The van der Waals surface area contributed by atoms with Crippen molar-refractivity contribution in [2.45, 2.75) is 0 Å². The molecular weight excluding hydrogens is 258 g/mol. The van der Waals surface area contributed by atoms with Crippen LogP contribution < -0.4 is 0 Å². The molecule has 0 atom stereocenters. The lowest BCUT2D eigenvalue weighted by molar-refractivity contribution is 0.0810. The Balaban J connectivity index is 2.91. The highest BCUT2D eigenvalue weighted by molar-refractivity contribution is 9.10. The fourth-order valence-corrected chi connectivity index (χ4v) is 1.39. The number of hydrogen-bond acceptors (Lipinski definition) is 2. The molecule has 0 bridgehead atoms. The van der Waals surface area contributed by atoms with Gasteiger partial charge in [-0.15, -0.1) is 6.58 Å². The molecule has 3 nitrogen and oxygen atoms in total. The first-order valence-corrected chi connectivity index (χ1v) is 5.20. The second kappa shape index (κ2) is 4.98. The number of carbonyl (C=O) groups excluding carboxylic acids is 1. The Morgan fingerprint density at radius 3 is 2.87 bits per heavy atom. The summed E-state index contributed by atoms with van der Waals surface area (Å²) in [7, 11) is 1.68.